The van der Waals surface area contributed by atoms with Gasteiger partial charge in [-0.3, -0.25) is 0 Å². The first-order valence-electron chi connectivity index (χ1n) is 7.15. The van der Waals surface area contributed by atoms with Crippen LogP contribution in [0.25, 0.3) is 22.2 Å². The van der Waals surface area contributed by atoms with Crippen molar-refractivity contribution in [3.63, 3.8) is 0 Å². The highest BCUT2D eigenvalue weighted by Crippen LogP contribution is 2.36. The van der Waals surface area contributed by atoms with E-state index < -0.39 is 0 Å². The Labute approximate surface area is 127 Å². The fourth-order valence-corrected chi connectivity index (χ4v) is 2.79. The van der Waals surface area contributed by atoms with Crippen LogP contribution in [0.5, 0.6) is 5.75 Å². The van der Waals surface area contributed by atoms with Gasteiger partial charge < -0.3 is 14.0 Å². The molecule has 22 heavy (non-hydrogen) atoms. The lowest BCUT2D eigenvalue weighted by Crippen LogP contribution is -2.30. The second kappa shape index (κ2) is 5.10. The van der Waals surface area contributed by atoms with Crippen molar-refractivity contribution in [3.8, 4) is 16.9 Å². The molecule has 3 aromatic rings. The van der Waals surface area contributed by atoms with Crippen LogP contribution in [0.4, 0.5) is 4.39 Å². The molecule has 1 aliphatic rings. The van der Waals surface area contributed by atoms with E-state index in [-0.39, 0.29) is 5.82 Å². The number of hydrogen-bond acceptors (Lipinski definition) is 3. The maximum atomic E-state index is 14.2. The molecule has 2 aromatic carbocycles. The number of aromatic nitrogens is 2. The maximum absolute atomic E-state index is 14.2. The molecule has 112 valence electrons. The lowest BCUT2D eigenvalue weighted by Gasteiger charge is -2.27. The third-order valence-electron chi connectivity index (χ3n) is 4.07. The van der Waals surface area contributed by atoms with Crippen LogP contribution >= 0.6 is 0 Å². The number of halogens is 1. The van der Waals surface area contributed by atoms with Gasteiger partial charge in [0, 0.05) is 17.2 Å². The van der Waals surface area contributed by atoms with E-state index >= 15 is 0 Å². The van der Waals surface area contributed by atoms with Gasteiger partial charge in [0.05, 0.1) is 43.7 Å². The Kier molecular flexibility index (Phi) is 3.08. The summed E-state index contributed by atoms with van der Waals surface area (Å²) in [7, 11) is 1.59. The van der Waals surface area contributed by atoms with Crippen molar-refractivity contribution in [3.05, 3.63) is 48.5 Å². The Bertz CT molecular complexity index is 840. The molecule has 0 N–H and O–H groups in total. The Morgan fingerprint density at radius 1 is 1.23 bits per heavy atom. The van der Waals surface area contributed by atoms with Crippen LogP contribution in [0.15, 0.2) is 42.7 Å². The van der Waals surface area contributed by atoms with Crippen molar-refractivity contribution >= 4 is 11.0 Å². The first kappa shape index (κ1) is 13.3. The molecule has 0 bridgehead atoms. The normalized spacial score (nSPS) is 15.0. The lowest BCUT2D eigenvalue weighted by molar-refractivity contribution is -0.0216. The summed E-state index contributed by atoms with van der Waals surface area (Å²) in [4.78, 5) is 4.42. The van der Waals surface area contributed by atoms with Crippen LogP contribution in [-0.4, -0.2) is 29.9 Å². The van der Waals surface area contributed by atoms with E-state index in [4.69, 9.17) is 9.47 Å². The second-order valence-electron chi connectivity index (χ2n) is 5.36. The van der Waals surface area contributed by atoms with E-state index in [0.29, 0.717) is 30.6 Å². The van der Waals surface area contributed by atoms with Gasteiger partial charge in [-0.25, -0.2) is 9.37 Å². The summed E-state index contributed by atoms with van der Waals surface area (Å²) >= 11 is 0. The van der Waals surface area contributed by atoms with Gasteiger partial charge in [0.2, 0.25) is 0 Å². The first-order chi connectivity index (χ1) is 10.8. The fraction of sp³-hybridized carbons (Fsp3) is 0.235. The van der Waals surface area contributed by atoms with Gasteiger partial charge in [0.1, 0.15) is 11.6 Å². The molecule has 5 heteroatoms. The molecule has 0 unspecified atom stereocenters. The number of nitrogens with zero attached hydrogens (tertiary/aromatic N) is 2. The number of ether oxygens (including phenoxy) is 2. The largest absolute Gasteiger partial charge is 0.496 e. The van der Waals surface area contributed by atoms with Gasteiger partial charge in [0.25, 0.3) is 0 Å². The van der Waals surface area contributed by atoms with Crippen molar-refractivity contribution < 1.29 is 13.9 Å². The van der Waals surface area contributed by atoms with Gasteiger partial charge >= 0.3 is 0 Å². The molecular weight excluding hydrogens is 283 g/mol. The van der Waals surface area contributed by atoms with E-state index in [0.717, 1.165) is 16.6 Å². The zero-order chi connectivity index (χ0) is 15.1. The van der Waals surface area contributed by atoms with Crippen LogP contribution in [-0.2, 0) is 4.74 Å². The molecule has 0 aliphatic carbocycles. The molecule has 1 aromatic heterocycles. The van der Waals surface area contributed by atoms with Gasteiger partial charge in [0.15, 0.2) is 0 Å². The molecule has 0 saturated carbocycles. The Morgan fingerprint density at radius 2 is 2.05 bits per heavy atom. The summed E-state index contributed by atoms with van der Waals surface area (Å²) < 4.78 is 26.9. The van der Waals surface area contributed by atoms with E-state index in [2.05, 4.69) is 9.55 Å². The van der Waals surface area contributed by atoms with Crippen molar-refractivity contribution in [2.24, 2.45) is 0 Å². The number of benzene rings is 2. The minimum atomic E-state index is -0.266. The third kappa shape index (κ3) is 1.97. The van der Waals surface area contributed by atoms with Crippen molar-refractivity contribution in [1.82, 2.24) is 9.55 Å². The van der Waals surface area contributed by atoms with Crippen LogP contribution in [0.2, 0.25) is 0 Å². The van der Waals surface area contributed by atoms with Crippen LogP contribution in [0.1, 0.15) is 6.04 Å². The van der Waals surface area contributed by atoms with Crippen LogP contribution in [0, 0.1) is 5.82 Å². The highest BCUT2D eigenvalue weighted by molar-refractivity contribution is 5.86. The average molecular weight is 298 g/mol. The molecule has 4 rings (SSSR count). The smallest absolute Gasteiger partial charge is 0.131 e. The predicted molar refractivity (Wildman–Crippen MR) is 81.5 cm³/mol. The van der Waals surface area contributed by atoms with Crippen molar-refractivity contribution in [2.45, 2.75) is 6.04 Å². The van der Waals surface area contributed by atoms with E-state index in [1.54, 1.807) is 19.2 Å². The summed E-state index contributed by atoms with van der Waals surface area (Å²) in [6, 6.07) is 10.8. The topological polar surface area (TPSA) is 36.3 Å². The summed E-state index contributed by atoms with van der Waals surface area (Å²) in [6.45, 7) is 1.37. The predicted octanol–water partition coefficient (Wildman–Crippen LogP) is 3.42. The molecule has 0 atom stereocenters. The highest BCUT2D eigenvalue weighted by Gasteiger charge is 2.23. The van der Waals surface area contributed by atoms with Gasteiger partial charge in [-0.1, -0.05) is 18.2 Å². The average Bonchev–Trinajstić information content (AvgIpc) is 2.88. The Balaban J connectivity index is 1.94. The number of methoxy groups -OCH3 is 1. The molecule has 4 nitrogen and oxygen atoms in total. The first-order valence-corrected chi connectivity index (χ1v) is 7.15. The second-order valence-corrected chi connectivity index (χ2v) is 5.36. The molecule has 0 amide bonds. The summed E-state index contributed by atoms with van der Waals surface area (Å²) in [5.41, 5.74) is 3.06. The van der Waals surface area contributed by atoms with Crippen LogP contribution in [0.3, 0.4) is 0 Å². The van der Waals surface area contributed by atoms with Crippen molar-refractivity contribution in [1.29, 1.82) is 0 Å². The van der Waals surface area contributed by atoms with E-state index in [1.165, 1.54) is 6.07 Å². The summed E-state index contributed by atoms with van der Waals surface area (Å²) in [6.07, 6.45) is 1.81. The summed E-state index contributed by atoms with van der Waals surface area (Å²) in [5.74, 6) is 0.353. The summed E-state index contributed by atoms with van der Waals surface area (Å²) in [5, 5.41) is 0. The molecule has 2 heterocycles. The van der Waals surface area contributed by atoms with Crippen LogP contribution < -0.4 is 4.74 Å². The zero-order valence-electron chi connectivity index (χ0n) is 12.1. The fourth-order valence-electron chi connectivity index (χ4n) is 2.79. The third-order valence-corrected chi connectivity index (χ3v) is 4.07. The molecule has 0 spiro atoms. The number of rotatable bonds is 3. The minimum Gasteiger partial charge on any atom is -0.496 e. The van der Waals surface area contributed by atoms with Gasteiger partial charge in [-0.2, -0.15) is 0 Å². The lowest BCUT2D eigenvalue weighted by atomic mass is 10.0. The maximum Gasteiger partial charge on any atom is 0.131 e. The SMILES string of the molecule is COc1cc2ncn(C3COC3)c2cc1-c1ccccc1F. The van der Waals surface area contributed by atoms with E-state index in [1.807, 2.05) is 24.5 Å². The molecule has 0 radical (unpaired) electrons. The zero-order valence-corrected chi connectivity index (χ0v) is 12.1. The van der Waals surface area contributed by atoms with Crippen molar-refractivity contribution in [2.75, 3.05) is 20.3 Å². The van der Waals surface area contributed by atoms with Gasteiger partial charge in [-0.05, 0) is 12.1 Å². The van der Waals surface area contributed by atoms with Gasteiger partial charge in [-0.15, -0.1) is 0 Å². The Morgan fingerprint density at radius 3 is 2.73 bits per heavy atom. The molecular formula is C17H15FN2O2. The number of hydrogen-bond donors (Lipinski definition) is 0. The Hall–Kier alpha value is -2.40. The number of fused-ring (bicyclic) bond motifs is 1. The monoisotopic (exact) mass is 298 g/mol. The quantitative estimate of drug-likeness (QED) is 0.743. The molecule has 1 fully saturated rings. The minimum absolute atomic E-state index is 0.266. The standard InChI is InChI=1S/C17H15FN2O2/c1-21-17-7-15-16(20(10-19-15)11-8-22-9-11)6-13(17)12-4-2-3-5-14(12)18/h2-7,10-11H,8-9H2,1H3. The highest BCUT2D eigenvalue weighted by atomic mass is 19.1. The van der Waals surface area contributed by atoms with E-state index in [9.17, 15) is 4.39 Å². The molecule has 1 aliphatic heterocycles. The number of imidazole rings is 1. The molecule has 1 saturated heterocycles.